The smallest absolute Gasteiger partial charge is 0.313 e. The molecular formula is C25H33N3O3. The summed E-state index contributed by atoms with van der Waals surface area (Å²) < 4.78 is 0. The predicted molar refractivity (Wildman–Crippen MR) is 124 cm³/mol. The van der Waals surface area contributed by atoms with Crippen molar-refractivity contribution in [2.45, 2.75) is 58.9 Å². The Bertz CT molecular complexity index is 880. The SMILES string of the molecule is CCCCCCCCNC(=O)C(=O)Nc1ccccc1C(=O)NCc1cccc(C)c1. The highest BCUT2D eigenvalue weighted by Crippen LogP contribution is 2.15. The van der Waals surface area contributed by atoms with Gasteiger partial charge in [-0.3, -0.25) is 14.4 Å². The molecule has 2 rings (SSSR count). The number of nitrogens with one attached hydrogen (secondary N) is 3. The van der Waals surface area contributed by atoms with Gasteiger partial charge in [-0.05, 0) is 31.0 Å². The maximum absolute atomic E-state index is 12.6. The fourth-order valence-corrected chi connectivity index (χ4v) is 3.26. The Morgan fingerprint density at radius 2 is 1.55 bits per heavy atom. The fraction of sp³-hybridized carbons (Fsp3) is 0.400. The van der Waals surface area contributed by atoms with E-state index in [4.69, 9.17) is 0 Å². The Balaban J connectivity index is 1.84. The van der Waals surface area contributed by atoms with Gasteiger partial charge in [-0.1, -0.05) is 81.0 Å². The van der Waals surface area contributed by atoms with E-state index in [0.29, 0.717) is 24.3 Å². The van der Waals surface area contributed by atoms with Crippen LogP contribution in [0.5, 0.6) is 0 Å². The number of hydrogen-bond acceptors (Lipinski definition) is 3. The number of para-hydroxylation sites is 1. The normalized spacial score (nSPS) is 10.4. The molecule has 0 spiro atoms. The summed E-state index contributed by atoms with van der Waals surface area (Å²) in [5.74, 6) is -1.78. The van der Waals surface area contributed by atoms with Crippen LogP contribution in [0.3, 0.4) is 0 Å². The van der Waals surface area contributed by atoms with Gasteiger partial charge in [0.2, 0.25) is 0 Å². The monoisotopic (exact) mass is 423 g/mol. The lowest BCUT2D eigenvalue weighted by Crippen LogP contribution is -2.36. The van der Waals surface area contributed by atoms with Crippen molar-refractivity contribution in [2.24, 2.45) is 0 Å². The third-order valence-electron chi connectivity index (χ3n) is 4.98. The van der Waals surface area contributed by atoms with E-state index in [2.05, 4.69) is 22.9 Å². The molecule has 0 saturated carbocycles. The van der Waals surface area contributed by atoms with Crippen LogP contribution < -0.4 is 16.0 Å². The second-order valence-electron chi connectivity index (χ2n) is 7.70. The van der Waals surface area contributed by atoms with E-state index < -0.39 is 11.8 Å². The molecule has 0 aromatic heterocycles. The summed E-state index contributed by atoms with van der Waals surface area (Å²) in [6, 6.07) is 14.5. The number of carbonyl (C=O) groups is 3. The number of benzene rings is 2. The number of unbranched alkanes of at least 4 members (excludes halogenated alkanes) is 5. The highest BCUT2D eigenvalue weighted by atomic mass is 16.2. The molecule has 0 bridgehead atoms. The van der Waals surface area contributed by atoms with E-state index in [9.17, 15) is 14.4 Å². The van der Waals surface area contributed by atoms with Crippen molar-refractivity contribution in [1.82, 2.24) is 10.6 Å². The zero-order valence-electron chi connectivity index (χ0n) is 18.5. The zero-order valence-corrected chi connectivity index (χ0v) is 18.5. The van der Waals surface area contributed by atoms with Crippen molar-refractivity contribution in [3.8, 4) is 0 Å². The molecule has 6 nitrogen and oxygen atoms in total. The highest BCUT2D eigenvalue weighted by molar-refractivity contribution is 6.40. The summed E-state index contributed by atoms with van der Waals surface area (Å²) in [5, 5.41) is 8.06. The molecule has 0 aliphatic carbocycles. The first-order chi connectivity index (χ1) is 15.0. The summed E-state index contributed by atoms with van der Waals surface area (Å²) in [4.78, 5) is 37.0. The Morgan fingerprint density at radius 3 is 2.32 bits per heavy atom. The molecule has 0 unspecified atom stereocenters. The quantitative estimate of drug-likeness (QED) is 0.371. The van der Waals surface area contributed by atoms with Gasteiger partial charge in [0.05, 0.1) is 11.3 Å². The number of rotatable bonds is 11. The third-order valence-corrected chi connectivity index (χ3v) is 4.98. The largest absolute Gasteiger partial charge is 0.348 e. The lowest BCUT2D eigenvalue weighted by molar-refractivity contribution is -0.136. The lowest BCUT2D eigenvalue weighted by atomic mass is 10.1. The van der Waals surface area contributed by atoms with Crippen molar-refractivity contribution in [3.63, 3.8) is 0 Å². The van der Waals surface area contributed by atoms with Crippen molar-refractivity contribution in [3.05, 3.63) is 65.2 Å². The molecule has 0 saturated heterocycles. The number of amides is 3. The molecule has 0 atom stereocenters. The molecule has 2 aromatic carbocycles. The molecule has 0 fully saturated rings. The summed E-state index contributed by atoms with van der Waals surface area (Å²) in [6.45, 7) is 5.01. The molecule has 0 aliphatic heterocycles. The molecule has 166 valence electrons. The van der Waals surface area contributed by atoms with Gasteiger partial charge in [0, 0.05) is 13.1 Å². The minimum Gasteiger partial charge on any atom is -0.348 e. The summed E-state index contributed by atoms with van der Waals surface area (Å²) in [5.41, 5.74) is 2.73. The molecule has 2 aromatic rings. The Kier molecular flexibility index (Phi) is 10.3. The second-order valence-corrected chi connectivity index (χ2v) is 7.70. The first-order valence-electron chi connectivity index (χ1n) is 11.0. The van der Waals surface area contributed by atoms with Crippen molar-refractivity contribution in [2.75, 3.05) is 11.9 Å². The highest BCUT2D eigenvalue weighted by Gasteiger charge is 2.17. The van der Waals surface area contributed by atoms with Crippen LogP contribution in [0, 0.1) is 6.92 Å². The topological polar surface area (TPSA) is 87.3 Å². The van der Waals surface area contributed by atoms with E-state index >= 15 is 0 Å². The van der Waals surface area contributed by atoms with E-state index in [1.54, 1.807) is 24.3 Å². The van der Waals surface area contributed by atoms with E-state index in [1.807, 2.05) is 31.2 Å². The molecule has 3 N–H and O–H groups in total. The molecule has 0 aliphatic rings. The van der Waals surface area contributed by atoms with Gasteiger partial charge >= 0.3 is 11.8 Å². The Hall–Kier alpha value is -3.15. The van der Waals surface area contributed by atoms with Crippen molar-refractivity contribution in [1.29, 1.82) is 0 Å². The average molecular weight is 424 g/mol. The van der Waals surface area contributed by atoms with E-state index in [-0.39, 0.29) is 5.91 Å². The number of aryl methyl sites for hydroxylation is 1. The Labute approximate surface area is 184 Å². The van der Waals surface area contributed by atoms with Crippen molar-refractivity contribution >= 4 is 23.4 Å². The molecule has 6 heteroatoms. The van der Waals surface area contributed by atoms with Crippen LogP contribution in [-0.2, 0) is 16.1 Å². The van der Waals surface area contributed by atoms with E-state index in [1.165, 1.54) is 19.3 Å². The fourth-order valence-electron chi connectivity index (χ4n) is 3.26. The van der Waals surface area contributed by atoms with Gasteiger partial charge in [-0.15, -0.1) is 0 Å². The number of anilines is 1. The van der Waals surface area contributed by atoms with Crippen LogP contribution in [0.25, 0.3) is 0 Å². The average Bonchev–Trinajstić information content (AvgIpc) is 2.77. The van der Waals surface area contributed by atoms with Crippen molar-refractivity contribution < 1.29 is 14.4 Å². The van der Waals surface area contributed by atoms with Gasteiger partial charge in [-0.25, -0.2) is 0 Å². The van der Waals surface area contributed by atoms with Gasteiger partial charge in [0.15, 0.2) is 0 Å². The van der Waals surface area contributed by atoms with Crippen LogP contribution in [0.1, 0.15) is 66.9 Å². The maximum Gasteiger partial charge on any atom is 0.313 e. The maximum atomic E-state index is 12.6. The minimum absolute atomic E-state index is 0.309. The molecule has 3 amide bonds. The van der Waals surface area contributed by atoms with Gasteiger partial charge < -0.3 is 16.0 Å². The van der Waals surface area contributed by atoms with Crippen LogP contribution in [0.15, 0.2) is 48.5 Å². The molecule has 31 heavy (non-hydrogen) atoms. The molecule has 0 heterocycles. The van der Waals surface area contributed by atoms with Gasteiger partial charge in [-0.2, -0.15) is 0 Å². The molecular weight excluding hydrogens is 390 g/mol. The Morgan fingerprint density at radius 1 is 0.806 bits per heavy atom. The van der Waals surface area contributed by atoms with Crippen LogP contribution >= 0.6 is 0 Å². The van der Waals surface area contributed by atoms with Crippen LogP contribution in [0.4, 0.5) is 5.69 Å². The summed E-state index contributed by atoms with van der Waals surface area (Å²) in [7, 11) is 0. The lowest BCUT2D eigenvalue weighted by Gasteiger charge is -2.12. The molecule has 0 radical (unpaired) electrons. The number of carbonyl (C=O) groups excluding carboxylic acids is 3. The van der Waals surface area contributed by atoms with E-state index in [0.717, 1.165) is 30.4 Å². The van der Waals surface area contributed by atoms with Crippen LogP contribution in [-0.4, -0.2) is 24.3 Å². The predicted octanol–water partition coefficient (Wildman–Crippen LogP) is 4.34. The summed E-state index contributed by atoms with van der Waals surface area (Å²) in [6.07, 6.45) is 6.65. The first kappa shape index (κ1) is 24.1. The third kappa shape index (κ3) is 8.62. The van der Waals surface area contributed by atoms with Gasteiger partial charge in [0.1, 0.15) is 0 Å². The second kappa shape index (κ2) is 13.2. The number of hydrogen-bond donors (Lipinski definition) is 3. The van der Waals surface area contributed by atoms with Crippen LogP contribution in [0.2, 0.25) is 0 Å². The minimum atomic E-state index is -0.773. The zero-order chi connectivity index (χ0) is 22.5. The van der Waals surface area contributed by atoms with Gasteiger partial charge in [0.25, 0.3) is 5.91 Å². The first-order valence-corrected chi connectivity index (χ1v) is 11.0. The summed E-state index contributed by atoms with van der Waals surface area (Å²) >= 11 is 0. The standard InChI is InChI=1S/C25H33N3O3/c1-3-4-5-6-7-10-16-26-24(30)25(31)28-22-15-9-8-14-21(22)23(29)27-18-20-13-11-12-19(2)17-20/h8-9,11-15,17H,3-7,10,16,18H2,1-2H3,(H,26,30)(H,27,29)(H,28,31).